The molecule has 0 bridgehead atoms. The van der Waals surface area contributed by atoms with Crippen molar-refractivity contribution in [2.24, 2.45) is 0 Å². The van der Waals surface area contributed by atoms with E-state index in [-0.39, 0.29) is 35.2 Å². The van der Waals surface area contributed by atoms with E-state index >= 15 is 0 Å². The molecular formula is C16H28I2N4O5. The first-order valence-electron chi connectivity index (χ1n) is 8.51. The van der Waals surface area contributed by atoms with Crippen LogP contribution < -0.4 is 21.3 Å². The van der Waals surface area contributed by atoms with Gasteiger partial charge in [0.2, 0.25) is 17.7 Å². The summed E-state index contributed by atoms with van der Waals surface area (Å²) in [4.78, 5) is 46.7. The molecule has 0 aromatic carbocycles. The van der Waals surface area contributed by atoms with Gasteiger partial charge in [-0.1, -0.05) is 45.2 Å². The van der Waals surface area contributed by atoms with Gasteiger partial charge in [-0.2, -0.15) is 0 Å². The highest BCUT2D eigenvalue weighted by Crippen LogP contribution is 2.06. The lowest BCUT2D eigenvalue weighted by molar-refractivity contribution is -0.128. The fourth-order valence-electron chi connectivity index (χ4n) is 1.87. The number of carbonyl (C=O) groups excluding carboxylic acids is 4. The molecule has 4 amide bonds. The highest BCUT2D eigenvalue weighted by atomic mass is 127. The summed E-state index contributed by atoms with van der Waals surface area (Å²) in [5, 5.41) is 10.6. The molecule has 0 heterocycles. The van der Waals surface area contributed by atoms with Gasteiger partial charge in [0.25, 0.3) is 0 Å². The van der Waals surface area contributed by atoms with Gasteiger partial charge in [0, 0.05) is 19.6 Å². The molecule has 0 aliphatic carbocycles. The van der Waals surface area contributed by atoms with Crippen molar-refractivity contribution in [1.29, 1.82) is 0 Å². The van der Waals surface area contributed by atoms with E-state index in [1.165, 1.54) is 0 Å². The predicted octanol–water partition coefficient (Wildman–Crippen LogP) is 0.878. The van der Waals surface area contributed by atoms with Gasteiger partial charge in [-0.15, -0.1) is 0 Å². The molecule has 0 radical (unpaired) electrons. The molecule has 0 rings (SSSR count). The van der Waals surface area contributed by atoms with Gasteiger partial charge in [-0.05, 0) is 33.6 Å². The standard InChI is InChI=1S/C16H28I2N4O5/c1-16(2,3)27-15(26)21-8-7-20-14(25)11(22-13(24)10-18)5-4-6-19-12(23)9-17/h11H,4-10H2,1-3H3,(H,19,23)(H,20,25)(H,21,26)(H,22,24)/t11-/m0/s1. The molecule has 0 aliphatic heterocycles. The molecule has 156 valence electrons. The maximum absolute atomic E-state index is 12.3. The normalized spacial score (nSPS) is 11.9. The maximum Gasteiger partial charge on any atom is 0.407 e. The first-order chi connectivity index (χ1) is 12.6. The third-order valence-electron chi connectivity index (χ3n) is 2.98. The number of halogens is 2. The van der Waals surface area contributed by atoms with Gasteiger partial charge >= 0.3 is 6.09 Å². The van der Waals surface area contributed by atoms with Crippen LogP contribution in [0.2, 0.25) is 0 Å². The van der Waals surface area contributed by atoms with Crippen LogP contribution in [0.15, 0.2) is 0 Å². The smallest absolute Gasteiger partial charge is 0.407 e. The minimum Gasteiger partial charge on any atom is -0.444 e. The largest absolute Gasteiger partial charge is 0.444 e. The second-order valence-corrected chi connectivity index (χ2v) is 8.12. The molecular weight excluding hydrogens is 582 g/mol. The van der Waals surface area contributed by atoms with Crippen LogP contribution in [-0.2, 0) is 19.1 Å². The highest BCUT2D eigenvalue weighted by Gasteiger charge is 2.20. The molecule has 27 heavy (non-hydrogen) atoms. The Kier molecular flexibility index (Phi) is 13.7. The Morgan fingerprint density at radius 3 is 2.04 bits per heavy atom. The van der Waals surface area contributed by atoms with E-state index in [9.17, 15) is 19.2 Å². The van der Waals surface area contributed by atoms with E-state index in [2.05, 4.69) is 21.3 Å². The number of hydrogen-bond donors (Lipinski definition) is 4. The molecule has 0 fully saturated rings. The monoisotopic (exact) mass is 610 g/mol. The number of nitrogens with one attached hydrogen (secondary N) is 4. The highest BCUT2D eigenvalue weighted by molar-refractivity contribution is 14.1. The Labute approximate surface area is 187 Å². The molecule has 9 nitrogen and oxygen atoms in total. The Morgan fingerprint density at radius 1 is 0.889 bits per heavy atom. The number of rotatable bonds is 11. The summed E-state index contributed by atoms with van der Waals surface area (Å²) < 4.78 is 5.71. The molecule has 0 aliphatic rings. The number of alkyl carbamates (subject to hydrolysis) is 1. The Morgan fingerprint density at radius 2 is 1.48 bits per heavy atom. The second-order valence-electron chi connectivity index (χ2n) is 6.60. The van der Waals surface area contributed by atoms with Crippen LogP contribution in [0.3, 0.4) is 0 Å². The van der Waals surface area contributed by atoms with E-state index in [4.69, 9.17) is 4.74 Å². The Hall–Kier alpha value is -0.860. The van der Waals surface area contributed by atoms with Gasteiger partial charge in [0.1, 0.15) is 11.6 Å². The van der Waals surface area contributed by atoms with Gasteiger partial charge < -0.3 is 26.0 Å². The van der Waals surface area contributed by atoms with Crippen molar-refractivity contribution in [2.45, 2.75) is 45.3 Å². The van der Waals surface area contributed by atoms with E-state index in [1.54, 1.807) is 20.8 Å². The van der Waals surface area contributed by atoms with Crippen LogP contribution >= 0.6 is 45.2 Å². The summed E-state index contributed by atoms with van der Waals surface area (Å²) in [5.41, 5.74) is -0.588. The minimum absolute atomic E-state index is 0.0684. The van der Waals surface area contributed by atoms with Crippen LogP contribution in [0, 0.1) is 0 Å². The van der Waals surface area contributed by atoms with Crippen LogP contribution in [0.25, 0.3) is 0 Å². The zero-order valence-corrected chi connectivity index (χ0v) is 20.1. The summed E-state index contributed by atoms with van der Waals surface area (Å²) in [7, 11) is 0. The number of ether oxygens (including phenoxy) is 1. The lowest BCUT2D eigenvalue weighted by atomic mass is 10.1. The quantitative estimate of drug-likeness (QED) is 0.157. The second kappa shape index (κ2) is 14.2. The Bertz CT molecular complexity index is 512. The van der Waals surface area contributed by atoms with Gasteiger partial charge in [-0.3, -0.25) is 14.4 Å². The lowest BCUT2D eigenvalue weighted by Gasteiger charge is -2.20. The summed E-state index contributed by atoms with van der Waals surface area (Å²) in [5.74, 6) is -0.639. The first kappa shape index (κ1) is 26.1. The minimum atomic E-state index is -0.690. The van der Waals surface area contributed by atoms with E-state index < -0.39 is 17.7 Å². The number of amides is 4. The van der Waals surface area contributed by atoms with E-state index in [1.807, 2.05) is 45.2 Å². The first-order valence-corrected chi connectivity index (χ1v) is 11.6. The lowest BCUT2D eigenvalue weighted by Crippen LogP contribution is -2.49. The number of alkyl halides is 2. The fourth-order valence-corrected chi connectivity index (χ4v) is 2.36. The van der Waals surface area contributed by atoms with Crippen molar-refractivity contribution in [3.05, 3.63) is 0 Å². The maximum atomic E-state index is 12.3. The van der Waals surface area contributed by atoms with Crippen molar-refractivity contribution in [3.8, 4) is 0 Å². The van der Waals surface area contributed by atoms with Crippen LogP contribution in [0.1, 0.15) is 33.6 Å². The third kappa shape index (κ3) is 14.8. The molecule has 11 heteroatoms. The van der Waals surface area contributed by atoms with Crippen molar-refractivity contribution in [3.63, 3.8) is 0 Å². The van der Waals surface area contributed by atoms with Gasteiger partial charge in [-0.25, -0.2) is 4.79 Å². The molecule has 0 unspecified atom stereocenters. The predicted molar refractivity (Wildman–Crippen MR) is 119 cm³/mol. The van der Waals surface area contributed by atoms with Crippen LogP contribution in [-0.4, -0.2) is 63.9 Å². The average Bonchev–Trinajstić information content (AvgIpc) is 2.58. The zero-order chi connectivity index (χ0) is 20.9. The summed E-state index contributed by atoms with van der Waals surface area (Å²) in [6.45, 7) is 6.14. The topological polar surface area (TPSA) is 126 Å². The SMILES string of the molecule is CC(C)(C)OC(=O)NCCNC(=O)[C@H](CCCNC(=O)CI)NC(=O)CI. The molecule has 0 aromatic heterocycles. The molecule has 0 spiro atoms. The number of hydrogen-bond acceptors (Lipinski definition) is 5. The van der Waals surface area contributed by atoms with Crippen molar-refractivity contribution >= 4 is 69.0 Å². The van der Waals surface area contributed by atoms with E-state index in [0.717, 1.165) is 0 Å². The van der Waals surface area contributed by atoms with E-state index in [0.29, 0.717) is 23.8 Å². The Balaban J connectivity index is 4.31. The molecule has 1 atom stereocenters. The summed E-state index contributed by atoms with van der Waals surface area (Å²) in [6.07, 6.45) is 0.394. The summed E-state index contributed by atoms with van der Waals surface area (Å²) >= 11 is 3.89. The van der Waals surface area contributed by atoms with Crippen LogP contribution in [0.5, 0.6) is 0 Å². The van der Waals surface area contributed by atoms with Crippen molar-refractivity contribution in [2.75, 3.05) is 28.5 Å². The fraction of sp³-hybridized carbons (Fsp3) is 0.750. The van der Waals surface area contributed by atoms with Crippen molar-refractivity contribution < 1.29 is 23.9 Å². The number of carbonyl (C=O) groups is 4. The molecule has 0 aromatic rings. The van der Waals surface area contributed by atoms with Gasteiger partial charge in [0.05, 0.1) is 8.86 Å². The third-order valence-corrected chi connectivity index (χ3v) is 4.36. The molecule has 4 N–H and O–H groups in total. The zero-order valence-electron chi connectivity index (χ0n) is 15.8. The average molecular weight is 610 g/mol. The molecule has 0 saturated carbocycles. The molecule has 0 saturated heterocycles. The van der Waals surface area contributed by atoms with Crippen molar-refractivity contribution in [1.82, 2.24) is 21.3 Å². The van der Waals surface area contributed by atoms with Gasteiger partial charge in [0.15, 0.2) is 0 Å². The van der Waals surface area contributed by atoms with Crippen LogP contribution in [0.4, 0.5) is 4.79 Å². The summed E-state index contributed by atoms with van der Waals surface area (Å²) in [6, 6.07) is -0.690.